The van der Waals surface area contributed by atoms with Crippen LogP contribution < -0.4 is 0 Å². The number of hydrogen-bond donors (Lipinski definition) is 0. The molecular weight excluding hydrogens is 386 g/mol. The molecule has 0 bridgehead atoms. The van der Waals surface area contributed by atoms with Gasteiger partial charge >= 0.3 is 0 Å². The average molecular weight is 425 g/mol. The van der Waals surface area contributed by atoms with Gasteiger partial charge in [-0.1, -0.05) is 56.9 Å². The van der Waals surface area contributed by atoms with E-state index in [2.05, 4.69) is 6.92 Å². The minimum Gasteiger partial charge on any atom is -0.207 e. The van der Waals surface area contributed by atoms with E-state index in [9.17, 15) is 0 Å². The second-order valence-corrected chi connectivity index (χ2v) is 10.1. The smallest absolute Gasteiger partial charge is 0.134 e. The van der Waals surface area contributed by atoms with E-state index in [0.717, 1.165) is 48.0 Å². The van der Waals surface area contributed by atoms with Crippen LogP contribution in [0.2, 0.25) is 0 Å². The topological polar surface area (TPSA) is 0 Å². The van der Waals surface area contributed by atoms with Crippen LogP contribution in [0.15, 0.2) is 36.4 Å². The molecule has 4 atom stereocenters. The number of halogens is 2. The number of rotatable bonds is 7. The molecule has 0 radical (unpaired) electrons. The van der Waals surface area contributed by atoms with Crippen molar-refractivity contribution >= 4 is 10.8 Å². The lowest BCUT2D eigenvalue weighted by Gasteiger charge is -2.42. The first-order valence-corrected chi connectivity index (χ1v) is 12.6. The summed E-state index contributed by atoms with van der Waals surface area (Å²) in [4.78, 5) is 0. The van der Waals surface area contributed by atoms with Crippen molar-refractivity contribution in [2.45, 2.75) is 90.4 Å². The van der Waals surface area contributed by atoms with Gasteiger partial charge in [-0.3, -0.25) is 0 Å². The molecule has 2 unspecified atom stereocenters. The summed E-state index contributed by atoms with van der Waals surface area (Å²) < 4.78 is 30.2. The summed E-state index contributed by atoms with van der Waals surface area (Å²) in [5, 5.41) is 1.28. The lowest BCUT2D eigenvalue weighted by Crippen LogP contribution is -2.30. The van der Waals surface area contributed by atoms with E-state index >= 15 is 8.78 Å². The van der Waals surface area contributed by atoms with E-state index in [4.69, 9.17) is 0 Å². The van der Waals surface area contributed by atoms with Gasteiger partial charge in [-0.15, -0.1) is 0 Å². The molecule has 0 saturated heterocycles. The summed E-state index contributed by atoms with van der Waals surface area (Å²) in [6.07, 6.45) is 17.0. The van der Waals surface area contributed by atoms with Crippen molar-refractivity contribution in [3.8, 4) is 0 Å². The summed E-state index contributed by atoms with van der Waals surface area (Å²) in [6, 6.07) is 7.28. The average Bonchev–Trinajstić information content (AvgIpc) is 2.79. The van der Waals surface area contributed by atoms with Crippen LogP contribution in [-0.4, -0.2) is 0 Å². The summed E-state index contributed by atoms with van der Waals surface area (Å²) in [5.41, 5.74) is 1.50. The van der Waals surface area contributed by atoms with Crippen molar-refractivity contribution in [2.24, 2.45) is 17.8 Å². The molecule has 2 fully saturated rings. The Hall–Kier alpha value is -1.70. The van der Waals surface area contributed by atoms with Crippen LogP contribution in [-0.2, 0) is 6.42 Å². The number of benzene rings is 2. The minimum atomic E-state index is -0.249. The third-order valence-corrected chi connectivity index (χ3v) is 8.09. The van der Waals surface area contributed by atoms with Gasteiger partial charge in [-0.2, -0.15) is 0 Å². The summed E-state index contributed by atoms with van der Waals surface area (Å²) >= 11 is 0. The Labute approximate surface area is 187 Å². The van der Waals surface area contributed by atoms with Gasteiger partial charge in [-0.05, 0) is 104 Å². The molecule has 0 nitrogen and oxygen atoms in total. The Balaban J connectivity index is 1.49. The number of fused-ring (bicyclic) bond motifs is 2. The van der Waals surface area contributed by atoms with E-state index in [1.165, 1.54) is 51.0 Å². The number of unbranched alkanes of at least 4 members (excludes halogenated alkanes) is 1. The highest BCUT2D eigenvalue weighted by atomic mass is 19.1. The Morgan fingerprint density at radius 1 is 1.00 bits per heavy atom. The molecular formula is C29H38F2. The molecule has 2 heteroatoms. The van der Waals surface area contributed by atoms with Crippen molar-refractivity contribution in [3.05, 3.63) is 59.2 Å². The van der Waals surface area contributed by atoms with Crippen LogP contribution in [0.5, 0.6) is 0 Å². The zero-order chi connectivity index (χ0) is 21.8. The number of allylic oxidation sites excluding steroid dienone is 2. The molecule has 2 aliphatic rings. The molecule has 0 spiro atoms. The Morgan fingerprint density at radius 2 is 1.81 bits per heavy atom. The van der Waals surface area contributed by atoms with Gasteiger partial charge < -0.3 is 0 Å². The maximum absolute atomic E-state index is 15.2. The summed E-state index contributed by atoms with van der Waals surface area (Å²) in [7, 11) is 0. The third kappa shape index (κ3) is 5.04. The summed E-state index contributed by atoms with van der Waals surface area (Å²) in [5.74, 6) is 2.33. The number of hydrogen-bond acceptors (Lipinski definition) is 0. The molecule has 31 heavy (non-hydrogen) atoms. The predicted molar refractivity (Wildman–Crippen MR) is 127 cm³/mol. The summed E-state index contributed by atoms with van der Waals surface area (Å²) in [6.45, 7) is 4.25. The molecule has 2 aromatic carbocycles. The zero-order valence-electron chi connectivity index (χ0n) is 19.3. The Morgan fingerprint density at radius 3 is 2.61 bits per heavy atom. The standard InChI is InChI=1S/C29H38F2/c1-3-5-7-9-21-12-14-25-18-26(28(30)19-27(25)29(21)31)24-15-13-22-16-20(8-6-4-2)10-11-23(22)17-24/h3,5,12,14,18-20,22-24H,4,6-11,13,15-17H2,1-2H3/b5-3+/t20?,22-,23?,24-/m1/s1. The van der Waals surface area contributed by atoms with E-state index < -0.39 is 0 Å². The third-order valence-electron chi connectivity index (χ3n) is 8.09. The van der Waals surface area contributed by atoms with Crippen LogP contribution in [0.25, 0.3) is 10.8 Å². The first-order chi connectivity index (χ1) is 15.1. The zero-order valence-corrected chi connectivity index (χ0v) is 19.3. The van der Waals surface area contributed by atoms with E-state index in [1.54, 1.807) is 0 Å². The van der Waals surface area contributed by atoms with Crippen molar-refractivity contribution in [1.82, 2.24) is 0 Å². The van der Waals surface area contributed by atoms with Gasteiger partial charge in [0.05, 0.1) is 0 Å². The highest BCUT2D eigenvalue weighted by Crippen LogP contribution is 2.49. The Kier molecular flexibility index (Phi) is 7.46. The lowest BCUT2D eigenvalue weighted by atomic mass is 9.63. The van der Waals surface area contributed by atoms with E-state index in [-0.39, 0.29) is 17.6 Å². The second-order valence-electron chi connectivity index (χ2n) is 10.1. The predicted octanol–water partition coefficient (Wildman–Crippen LogP) is 9.12. The second kappa shape index (κ2) is 10.3. The van der Waals surface area contributed by atoms with Gasteiger partial charge in [-0.25, -0.2) is 8.78 Å². The van der Waals surface area contributed by atoms with Crippen molar-refractivity contribution in [3.63, 3.8) is 0 Å². The van der Waals surface area contributed by atoms with Crippen LogP contribution >= 0.6 is 0 Å². The van der Waals surface area contributed by atoms with E-state index in [1.807, 2.05) is 37.3 Å². The quantitative estimate of drug-likeness (QED) is 0.389. The lowest BCUT2D eigenvalue weighted by molar-refractivity contribution is 0.112. The van der Waals surface area contributed by atoms with Gasteiger partial charge in [0.2, 0.25) is 0 Å². The van der Waals surface area contributed by atoms with Crippen LogP contribution in [0.4, 0.5) is 8.78 Å². The van der Waals surface area contributed by atoms with Gasteiger partial charge in [0.1, 0.15) is 11.6 Å². The maximum Gasteiger partial charge on any atom is 0.134 e. The monoisotopic (exact) mass is 424 g/mol. The molecule has 2 saturated carbocycles. The fourth-order valence-corrected chi connectivity index (χ4v) is 6.31. The van der Waals surface area contributed by atoms with Gasteiger partial charge in [0.15, 0.2) is 0 Å². The van der Waals surface area contributed by atoms with Crippen molar-refractivity contribution in [1.29, 1.82) is 0 Å². The van der Waals surface area contributed by atoms with Crippen LogP contribution in [0, 0.1) is 29.4 Å². The van der Waals surface area contributed by atoms with Gasteiger partial charge in [0, 0.05) is 5.39 Å². The highest BCUT2D eigenvalue weighted by Gasteiger charge is 2.36. The molecule has 2 aliphatic carbocycles. The Bertz CT molecular complexity index is 913. The maximum atomic E-state index is 15.2. The highest BCUT2D eigenvalue weighted by molar-refractivity contribution is 5.85. The molecule has 168 valence electrons. The largest absolute Gasteiger partial charge is 0.207 e. The molecule has 0 aromatic heterocycles. The molecule has 2 aromatic rings. The fourth-order valence-electron chi connectivity index (χ4n) is 6.31. The molecule has 4 rings (SSSR count). The van der Waals surface area contributed by atoms with Crippen LogP contribution in [0.3, 0.4) is 0 Å². The molecule has 0 amide bonds. The van der Waals surface area contributed by atoms with Crippen LogP contribution in [0.1, 0.15) is 95.1 Å². The molecule has 0 aliphatic heterocycles. The molecule has 0 heterocycles. The molecule has 0 N–H and O–H groups in total. The van der Waals surface area contributed by atoms with Gasteiger partial charge in [0.25, 0.3) is 0 Å². The van der Waals surface area contributed by atoms with E-state index in [0.29, 0.717) is 17.4 Å². The van der Waals surface area contributed by atoms with Crippen molar-refractivity contribution in [2.75, 3.05) is 0 Å². The minimum absolute atomic E-state index is 0.211. The fraction of sp³-hybridized carbons (Fsp3) is 0.586. The first-order valence-electron chi connectivity index (χ1n) is 12.6. The SMILES string of the molecule is C/C=C/CCc1ccc2cc([C@@H]3CC[C@@H]4CC(CCCC)CCC4C3)c(F)cc2c1F. The normalized spacial score (nSPS) is 26.5. The first kappa shape index (κ1) is 22.5. The number of aryl methyl sites for hydroxylation is 1. The van der Waals surface area contributed by atoms with Crippen molar-refractivity contribution < 1.29 is 8.78 Å².